The monoisotopic (exact) mass is 382 g/mol. The first kappa shape index (κ1) is 13.5. The van der Waals surface area contributed by atoms with Crippen LogP contribution in [0.4, 0.5) is 5.82 Å². The summed E-state index contributed by atoms with van der Waals surface area (Å²) in [5, 5.41) is 5.12. The first-order valence-corrected chi connectivity index (χ1v) is 7.51. The van der Waals surface area contributed by atoms with Gasteiger partial charge in [-0.3, -0.25) is 9.78 Å². The number of aromatic nitrogens is 2. The Balaban J connectivity index is 2.26. The maximum Gasteiger partial charge on any atom is 0.229 e. The lowest BCUT2D eigenvalue weighted by molar-refractivity contribution is -0.120. The number of carbonyl (C=O) groups excluding carboxylic acids is 1. The molecule has 0 spiro atoms. The summed E-state index contributed by atoms with van der Waals surface area (Å²) < 4.78 is 1.08. The normalized spacial score (nSPS) is 16.1. The SMILES string of the molecule is CNc1nc(C)c(I)c2cc(C3(C(N)=O)CC3)ncc12. The summed E-state index contributed by atoms with van der Waals surface area (Å²) in [6.07, 6.45) is 3.37. The van der Waals surface area contributed by atoms with Crippen LogP contribution in [-0.4, -0.2) is 22.9 Å². The van der Waals surface area contributed by atoms with Crippen LogP contribution in [0.1, 0.15) is 24.2 Å². The summed E-state index contributed by atoms with van der Waals surface area (Å²) in [6.45, 7) is 1.98. The van der Waals surface area contributed by atoms with Crippen molar-refractivity contribution in [2.24, 2.45) is 5.73 Å². The molecule has 2 aromatic heterocycles. The van der Waals surface area contributed by atoms with Crippen LogP contribution >= 0.6 is 22.6 Å². The fraction of sp³-hybridized carbons (Fsp3) is 0.357. The number of fused-ring (bicyclic) bond motifs is 1. The number of aryl methyl sites for hydroxylation is 1. The zero-order chi connectivity index (χ0) is 14.5. The lowest BCUT2D eigenvalue weighted by Gasteiger charge is -2.14. The quantitative estimate of drug-likeness (QED) is 0.797. The minimum absolute atomic E-state index is 0.279. The number of primary amides is 1. The van der Waals surface area contributed by atoms with E-state index in [4.69, 9.17) is 5.73 Å². The van der Waals surface area contributed by atoms with Crippen LogP contribution < -0.4 is 11.1 Å². The van der Waals surface area contributed by atoms with Gasteiger partial charge in [0.2, 0.25) is 5.91 Å². The summed E-state index contributed by atoms with van der Waals surface area (Å²) in [5.74, 6) is 0.528. The van der Waals surface area contributed by atoms with Crippen molar-refractivity contribution in [1.29, 1.82) is 0 Å². The van der Waals surface area contributed by atoms with Gasteiger partial charge in [0.15, 0.2) is 0 Å². The first-order valence-electron chi connectivity index (χ1n) is 6.43. The number of pyridine rings is 2. The van der Waals surface area contributed by atoms with E-state index in [1.54, 1.807) is 6.20 Å². The van der Waals surface area contributed by atoms with Gasteiger partial charge in [-0.2, -0.15) is 0 Å². The highest BCUT2D eigenvalue weighted by atomic mass is 127. The molecule has 0 saturated heterocycles. The fourth-order valence-corrected chi connectivity index (χ4v) is 3.07. The third kappa shape index (κ3) is 1.85. The van der Waals surface area contributed by atoms with Gasteiger partial charge in [0.25, 0.3) is 0 Å². The molecule has 0 radical (unpaired) electrons. The molecule has 0 aliphatic heterocycles. The molecule has 0 unspecified atom stereocenters. The molecular formula is C14H15IN4O. The Morgan fingerprint density at radius 1 is 1.45 bits per heavy atom. The number of anilines is 1. The number of nitrogens with two attached hydrogens (primary N) is 1. The smallest absolute Gasteiger partial charge is 0.229 e. The topological polar surface area (TPSA) is 80.9 Å². The van der Waals surface area contributed by atoms with Crippen LogP contribution in [0.15, 0.2) is 12.3 Å². The van der Waals surface area contributed by atoms with Crippen molar-refractivity contribution >= 4 is 45.1 Å². The number of hydrogen-bond acceptors (Lipinski definition) is 4. The van der Waals surface area contributed by atoms with Gasteiger partial charge in [0, 0.05) is 27.6 Å². The highest BCUT2D eigenvalue weighted by molar-refractivity contribution is 14.1. The maximum atomic E-state index is 11.7. The highest BCUT2D eigenvalue weighted by Crippen LogP contribution is 2.47. The Labute approximate surface area is 130 Å². The Morgan fingerprint density at radius 2 is 2.15 bits per heavy atom. The van der Waals surface area contributed by atoms with Gasteiger partial charge in [-0.15, -0.1) is 0 Å². The Morgan fingerprint density at radius 3 is 2.70 bits per heavy atom. The lowest BCUT2D eigenvalue weighted by Crippen LogP contribution is -2.29. The number of nitrogens with zero attached hydrogens (tertiary/aromatic N) is 2. The third-order valence-electron chi connectivity index (χ3n) is 3.94. The molecule has 1 amide bonds. The molecule has 0 aromatic carbocycles. The van der Waals surface area contributed by atoms with Gasteiger partial charge in [0.1, 0.15) is 5.82 Å². The van der Waals surface area contributed by atoms with Crippen molar-refractivity contribution in [2.75, 3.05) is 12.4 Å². The van der Waals surface area contributed by atoms with E-state index in [0.29, 0.717) is 0 Å². The summed E-state index contributed by atoms with van der Waals surface area (Å²) >= 11 is 2.28. The van der Waals surface area contributed by atoms with E-state index >= 15 is 0 Å². The van der Waals surface area contributed by atoms with E-state index in [1.807, 2.05) is 20.0 Å². The number of halogens is 1. The van der Waals surface area contributed by atoms with E-state index < -0.39 is 5.41 Å². The van der Waals surface area contributed by atoms with Gasteiger partial charge in [0.05, 0.1) is 16.8 Å². The van der Waals surface area contributed by atoms with E-state index in [0.717, 1.165) is 44.4 Å². The second kappa shape index (κ2) is 4.54. The molecule has 1 saturated carbocycles. The molecule has 1 aliphatic carbocycles. The van der Waals surface area contributed by atoms with Gasteiger partial charge in [-0.25, -0.2) is 4.98 Å². The second-order valence-electron chi connectivity index (χ2n) is 5.17. The molecule has 2 heterocycles. The zero-order valence-electron chi connectivity index (χ0n) is 11.3. The van der Waals surface area contributed by atoms with E-state index in [-0.39, 0.29) is 5.91 Å². The lowest BCUT2D eigenvalue weighted by atomic mass is 9.99. The van der Waals surface area contributed by atoms with Crippen molar-refractivity contribution in [2.45, 2.75) is 25.2 Å². The highest BCUT2D eigenvalue weighted by Gasteiger charge is 2.51. The minimum Gasteiger partial charge on any atom is -0.373 e. The number of amides is 1. The van der Waals surface area contributed by atoms with Crippen molar-refractivity contribution in [3.63, 3.8) is 0 Å². The van der Waals surface area contributed by atoms with E-state index in [1.165, 1.54) is 0 Å². The number of hydrogen-bond donors (Lipinski definition) is 2. The first-order chi connectivity index (χ1) is 9.49. The Hall–Kier alpha value is -1.44. The predicted octanol–water partition coefficient (Wildman–Crippen LogP) is 2.10. The van der Waals surface area contributed by atoms with Crippen LogP contribution in [0.25, 0.3) is 10.8 Å². The number of carbonyl (C=O) groups is 1. The van der Waals surface area contributed by atoms with E-state index in [9.17, 15) is 4.79 Å². The van der Waals surface area contributed by atoms with Crippen molar-refractivity contribution < 1.29 is 4.79 Å². The van der Waals surface area contributed by atoms with Crippen molar-refractivity contribution in [3.05, 3.63) is 27.2 Å². The largest absolute Gasteiger partial charge is 0.373 e. The van der Waals surface area contributed by atoms with Crippen LogP contribution in [0.3, 0.4) is 0 Å². The van der Waals surface area contributed by atoms with Crippen LogP contribution in [0.5, 0.6) is 0 Å². The fourth-order valence-electron chi connectivity index (χ4n) is 2.50. The third-order valence-corrected chi connectivity index (χ3v) is 5.30. The Bertz CT molecular complexity index is 725. The minimum atomic E-state index is -0.547. The van der Waals surface area contributed by atoms with Gasteiger partial charge < -0.3 is 11.1 Å². The average Bonchev–Trinajstić information content (AvgIpc) is 3.24. The van der Waals surface area contributed by atoms with Crippen molar-refractivity contribution in [1.82, 2.24) is 9.97 Å². The molecule has 0 bridgehead atoms. The van der Waals surface area contributed by atoms with E-state index in [2.05, 4.69) is 37.9 Å². The standard InChI is InChI=1S/C14H15IN4O/c1-7-11(15)8-5-10(14(3-4-14)13(16)20)18-6-9(8)12(17-2)19-7/h5-6H,3-4H2,1-2H3,(H2,16,20)(H,17,19). The number of rotatable bonds is 3. The maximum absolute atomic E-state index is 11.7. The molecule has 1 aliphatic rings. The zero-order valence-corrected chi connectivity index (χ0v) is 13.5. The molecule has 0 atom stereocenters. The Kier molecular flexibility index (Phi) is 3.07. The predicted molar refractivity (Wildman–Crippen MR) is 86.6 cm³/mol. The van der Waals surface area contributed by atoms with Crippen molar-refractivity contribution in [3.8, 4) is 0 Å². The molecule has 104 valence electrons. The molecule has 3 N–H and O–H groups in total. The summed E-state index contributed by atoms with van der Waals surface area (Å²) in [4.78, 5) is 20.6. The van der Waals surface area contributed by atoms with Crippen LogP contribution in [-0.2, 0) is 10.2 Å². The molecule has 5 nitrogen and oxygen atoms in total. The second-order valence-corrected chi connectivity index (χ2v) is 6.25. The average molecular weight is 382 g/mol. The van der Waals surface area contributed by atoms with Gasteiger partial charge in [-0.1, -0.05) is 0 Å². The molecule has 6 heteroatoms. The van der Waals surface area contributed by atoms with Gasteiger partial charge >= 0.3 is 0 Å². The molecule has 20 heavy (non-hydrogen) atoms. The summed E-state index contributed by atoms with van der Waals surface area (Å²) in [5.41, 5.74) is 6.72. The summed E-state index contributed by atoms with van der Waals surface area (Å²) in [6, 6.07) is 1.99. The van der Waals surface area contributed by atoms with Gasteiger partial charge in [-0.05, 0) is 48.4 Å². The van der Waals surface area contributed by atoms with Crippen LogP contribution in [0.2, 0.25) is 0 Å². The number of nitrogens with one attached hydrogen (secondary N) is 1. The molecule has 2 aromatic rings. The molecular weight excluding hydrogens is 367 g/mol. The summed E-state index contributed by atoms with van der Waals surface area (Å²) in [7, 11) is 1.84. The van der Waals surface area contributed by atoms with Crippen LogP contribution in [0, 0.1) is 10.5 Å². The molecule has 3 rings (SSSR count). The molecule has 1 fully saturated rings.